The summed E-state index contributed by atoms with van der Waals surface area (Å²) in [5.74, 6) is -0.106. The van der Waals surface area contributed by atoms with Gasteiger partial charge in [0.25, 0.3) is 5.69 Å². The van der Waals surface area contributed by atoms with Crippen LogP contribution < -0.4 is 10.6 Å². The monoisotopic (exact) mass is 432 g/mol. The van der Waals surface area contributed by atoms with Gasteiger partial charge in [0.05, 0.1) is 10.6 Å². The van der Waals surface area contributed by atoms with E-state index >= 15 is 0 Å². The van der Waals surface area contributed by atoms with Crippen molar-refractivity contribution in [2.75, 3.05) is 16.9 Å². The van der Waals surface area contributed by atoms with Gasteiger partial charge in [-0.2, -0.15) is 5.26 Å². The summed E-state index contributed by atoms with van der Waals surface area (Å²) in [6, 6.07) is 14.9. The Labute approximate surface area is 182 Å². The van der Waals surface area contributed by atoms with Crippen molar-refractivity contribution in [1.82, 2.24) is 9.97 Å². The van der Waals surface area contributed by atoms with Crippen molar-refractivity contribution in [3.8, 4) is 17.3 Å². The zero-order chi connectivity index (χ0) is 22.4. The van der Waals surface area contributed by atoms with Gasteiger partial charge in [0.2, 0.25) is 5.91 Å². The molecule has 0 saturated carbocycles. The lowest BCUT2D eigenvalue weighted by Gasteiger charge is -2.13. The van der Waals surface area contributed by atoms with Crippen LogP contribution in [0.25, 0.3) is 11.3 Å². The van der Waals surface area contributed by atoms with Crippen molar-refractivity contribution in [2.45, 2.75) is 5.16 Å². The fourth-order valence-corrected chi connectivity index (χ4v) is 3.07. The fourth-order valence-electron chi connectivity index (χ4n) is 2.71. The number of nitrogens with zero attached hydrogens (tertiary/aromatic N) is 4. The Morgan fingerprint density at radius 1 is 1.23 bits per heavy atom. The van der Waals surface area contributed by atoms with Crippen LogP contribution >= 0.6 is 11.8 Å². The second-order valence-corrected chi connectivity index (χ2v) is 6.87. The maximum atomic E-state index is 11.5. The van der Waals surface area contributed by atoms with E-state index in [-0.39, 0.29) is 28.7 Å². The SMILES string of the molecule is C=CC(=O)Nc1cccc(Nc2nc(SC)nc(-c3cccc([N+](=O)[O-])c3)c2C#N)c1. The number of carbonyl (C=O) groups excluding carboxylic acids is 1. The van der Waals surface area contributed by atoms with Crippen LogP contribution in [0.1, 0.15) is 5.56 Å². The van der Waals surface area contributed by atoms with Crippen molar-refractivity contribution in [3.05, 3.63) is 76.9 Å². The molecular formula is C21H16N6O3S. The summed E-state index contributed by atoms with van der Waals surface area (Å²) in [5.41, 5.74) is 1.85. The predicted molar refractivity (Wildman–Crippen MR) is 119 cm³/mol. The fraction of sp³-hybridized carbons (Fsp3) is 0.0476. The second kappa shape index (κ2) is 9.51. The Balaban J connectivity index is 2.07. The highest BCUT2D eigenvalue weighted by atomic mass is 32.2. The highest BCUT2D eigenvalue weighted by molar-refractivity contribution is 7.98. The molecule has 154 valence electrons. The van der Waals surface area contributed by atoms with Crippen LogP contribution in [0.4, 0.5) is 22.9 Å². The zero-order valence-electron chi connectivity index (χ0n) is 16.3. The molecule has 0 fully saturated rings. The third-order valence-electron chi connectivity index (χ3n) is 4.09. The number of thioether (sulfide) groups is 1. The lowest BCUT2D eigenvalue weighted by Crippen LogP contribution is -2.08. The molecule has 10 heteroatoms. The summed E-state index contributed by atoms with van der Waals surface area (Å²) in [6.45, 7) is 3.42. The summed E-state index contributed by atoms with van der Waals surface area (Å²) < 4.78 is 0. The van der Waals surface area contributed by atoms with Crippen LogP contribution in [0.15, 0.2) is 66.3 Å². The molecule has 0 spiro atoms. The average molecular weight is 432 g/mol. The molecule has 3 rings (SSSR count). The number of non-ortho nitro benzene ring substituents is 1. The van der Waals surface area contributed by atoms with Gasteiger partial charge in [0.15, 0.2) is 11.0 Å². The number of rotatable bonds is 7. The number of amides is 1. The molecule has 9 nitrogen and oxygen atoms in total. The molecule has 0 bridgehead atoms. The van der Waals surface area contributed by atoms with E-state index in [1.807, 2.05) is 0 Å². The molecule has 2 N–H and O–H groups in total. The minimum absolute atomic E-state index is 0.106. The Hall–Kier alpha value is -4.23. The number of nitro benzene ring substituents is 1. The molecule has 1 heterocycles. The first kappa shape index (κ1) is 21.5. The number of hydrogen-bond acceptors (Lipinski definition) is 8. The smallest absolute Gasteiger partial charge is 0.270 e. The van der Waals surface area contributed by atoms with Crippen LogP contribution in [0.3, 0.4) is 0 Å². The quantitative estimate of drug-likeness (QED) is 0.183. The van der Waals surface area contributed by atoms with Crippen LogP contribution in [-0.2, 0) is 4.79 Å². The van der Waals surface area contributed by atoms with Crippen molar-refractivity contribution in [3.63, 3.8) is 0 Å². The largest absolute Gasteiger partial charge is 0.339 e. The first-order chi connectivity index (χ1) is 14.9. The highest BCUT2D eigenvalue weighted by Gasteiger charge is 2.18. The van der Waals surface area contributed by atoms with E-state index in [1.165, 1.54) is 30.0 Å². The number of aromatic nitrogens is 2. The van der Waals surface area contributed by atoms with Crippen LogP contribution in [0.2, 0.25) is 0 Å². The van der Waals surface area contributed by atoms with Crippen molar-refractivity contribution in [1.29, 1.82) is 5.26 Å². The number of anilines is 3. The van der Waals surface area contributed by atoms with Crippen LogP contribution in [-0.4, -0.2) is 27.1 Å². The first-order valence-corrected chi connectivity index (χ1v) is 10.1. The summed E-state index contributed by atoms with van der Waals surface area (Å²) >= 11 is 1.27. The van der Waals surface area contributed by atoms with E-state index in [1.54, 1.807) is 36.6 Å². The molecule has 3 aromatic rings. The predicted octanol–water partition coefficient (Wildman–Crippen LogP) is 4.51. The zero-order valence-corrected chi connectivity index (χ0v) is 17.1. The Morgan fingerprint density at radius 2 is 1.97 bits per heavy atom. The van der Waals surface area contributed by atoms with Gasteiger partial charge in [-0.25, -0.2) is 9.97 Å². The molecule has 0 aliphatic rings. The molecular weight excluding hydrogens is 416 g/mol. The molecule has 0 aliphatic heterocycles. The molecule has 1 aromatic heterocycles. The maximum absolute atomic E-state index is 11.5. The van der Waals surface area contributed by atoms with E-state index in [0.29, 0.717) is 22.1 Å². The van der Waals surface area contributed by atoms with Crippen molar-refractivity contribution in [2.24, 2.45) is 0 Å². The minimum Gasteiger partial charge on any atom is -0.339 e. The lowest BCUT2D eigenvalue weighted by molar-refractivity contribution is -0.384. The summed E-state index contributed by atoms with van der Waals surface area (Å²) in [6.07, 6.45) is 2.95. The lowest BCUT2D eigenvalue weighted by atomic mass is 10.1. The highest BCUT2D eigenvalue weighted by Crippen LogP contribution is 2.32. The third kappa shape index (κ3) is 5.04. The van der Waals surface area contributed by atoms with Gasteiger partial charge in [-0.05, 0) is 30.5 Å². The number of nitro groups is 1. The summed E-state index contributed by atoms with van der Waals surface area (Å²) in [4.78, 5) is 31.0. The van der Waals surface area contributed by atoms with Gasteiger partial charge >= 0.3 is 0 Å². The third-order valence-corrected chi connectivity index (χ3v) is 4.64. The number of nitrogens with one attached hydrogen (secondary N) is 2. The molecule has 0 unspecified atom stereocenters. The molecule has 0 atom stereocenters. The molecule has 31 heavy (non-hydrogen) atoms. The molecule has 2 aromatic carbocycles. The van der Waals surface area contributed by atoms with Gasteiger partial charge in [-0.3, -0.25) is 14.9 Å². The van der Waals surface area contributed by atoms with Crippen LogP contribution in [0.5, 0.6) is 0 Å². The Bertz CT molecular complexity index is 1220. The molecule has 1 amide bonds. The molecule has 0 radical (unpaired) electrons. The first-order valence-electron chi connectivity index (χ1n) is 8.86. The number of hydrogen-bond donors (Lipinski definition) is 2. The summed E-state index contributed by atoms with van der Waals surface area (Å²) in [5, 5.41) is 27.1. The van der Waals surface area contributed by atoms with E-state index in [2.05, 4.69) is 33.2 Å². The van der Waals surface area contributed by atoms with Gasteiger partial charge in [-0.1, -0.05) is 36.5 Å². The van der Waals surface area contributed by atoms with E-state index in [4.69, 9.17) is 0 Å². The Morgan fingerprint density at radius 3 is 2.65 bits per heavy atom. The van der Waals surface area contributed by atoms with E-state index < -0.39 is 4.92 Å². The maximum Gasteiger partial charge on any atom is 0.270 e. The van der Waals surface area contributed by atoms with E-state index in [0.717, 1.165) is 6.08 Å². The van der Waals surface area contributed by atoms with Gasteiger partial charge in [0.1, 0.15) is 11.6 Å². The van der Waals surface area contributed by atoms with Gasteiger partial charge < -0.3 is 10.6 Å². The molecule has 0 saturated heterocycles. The van der Waals surface area contributed by atoms with Gasteiger partial charge in [0, 0.05) is 29.1 Å². The topological polar surface area (TPSA) is 134 Å². The number of benzene rings is 2. The Kier molecular flexibility index (Phi) is 6.59. The molecule has 0 aliphatic carbocycles. The number of nitriles is 1. The second-order valence-electron chi connectivity index (χ2n) is 6.10. The van der Waals surface area contributed by atoms with Crippen molar-refractivity contribution < 1.29 is 9.72 Å². The van der Waals surface area contributed by atoms with E-state index in [9.17, 15) is 20.2 Å². The normalized spacial score (nSPS) is 10.1. The van der Waals surface area contributed by atoms with Gasteiger partial charge in [-0.15, -0.1) is 0 Å². The summed E-state index contributed by atoms with van der Waals surface area (Å²) in [7, 11) is 0. The van der Waals surface area contributed by atoms with Crippen molar-refractivity contribution >= 4 is 40.5 Å². The van der Waals surface area contributed by atoms with Crippen LogP contribution in [0, 0.1) is 21.4 Å². The minimum atomic E-state index is -0.506. The standard InChI is InChI=1S/C21H16N6O3S/c1-3-18(28)23-14-7-5-8-15(11-14)24-20-17(12-22)19(25-21(26-20)31-2)13-6-4-9-16(10-13)27(29)30/h3-11H,1H2,2H3,(H,23,28)(H,24,25,26). The number of carbonyl (C=O) groups is 1. The average Bonchev–Trinajstić information content (AvgIpc) is 2.78.